The molecule has 0 spiro atoms. The van der Waals surface area contributed by atoms with Crippen LogP contribution in [0.1, 0.15) is 79.6 Å². The van der Waals surface area contributed by atoms with Crippen molar-refractivity contribution in [2.45, 2.75) is 85.7 Å². The fourth-order valence-corrected chi connectivity index (χ4v) is 7.31. The van der Waals surface area contributed by atoms with Crippen molar-refractivity contribution in [1.82, 2.24) is 5.43 Å². The third-order valence-corrected chi connectivity index (χ3v) is 8.74. The third-order valence-electron chi connectivity index (χ3n) is 8.74. The SMILES string of the molecule is CC(=O)N/N=C(\C)C1=CCC2C3CC=C4C[C@@H](OC(C)=O)CC[C@]4(C)C3CC[C@]12C. The molecular formula is C25H36N2O3. The molecule has 0 aromatic rings. The van der Waals surface area contributed by atoms with Crippen LogP contribution in [0.3, 0.4) is 0 Å². The highest BCUT2D eigenvalue weighted by atomic mass is 16.5. The van der Waals surface area contributed by atoms with Gasteiger partial charge < -0.3 is 4.74 Å². The maximum Gasteiger partial charge on any atom is 0.302 e. The summed E-state index contributed by atoms with van der Waals surface area (Å²) in [5.41, 5.74) is 6.81. The topological polar surface area (TPSA) is 67.8 Å². The first-order valence-electron chi connectivity index (χ1n) is 11.5. The number of hydrogen-bond acceptors (Lipinski definition) is 4. The highest BCUT2D eigenvalue weighted by molar-refractivity contribution is 6.00. The lowest BCUT2D eigenvalue weighted by Gasteiger charge is -2.57. The van der Waals surface area contributed by atoms with Gasteiger partial charge in [-0.15, -0.1) is 0 Å². The monoisotopic (exact) mass is 412 g/mol. The molecule has 30 heavy (non-hydrogen) atoms. The summed E-state index contributed by atoms with van der Waals surface area (Å²) in [6, 6.07) is 0. The zero-order valence-corrected chi connectivity index (χ0v) is 19.1. The molecule has 1 amide bonds. The molecule has 4 aliphatic rings. The Kier molecular flexibility index (Phi) is 5.44. The Morgan fingerprint density at radius 1 is 1.03 bits per heavy atom. The zero-order chi connectivity index (χ0) is 21.7. The second kappa shape index (κ2) is 7.65. The molecule has 0 aromatic heterocycles. The van der Waals surface area contributed by atoms with Gasteiger partial charge in [-0.1, -0.05) is 31.6 Å². The number of rotatable bonds is 3. The lowest BCUT2D eigenvalue weighted by atomic mass is 9.47. The van der Waals surface area contributed by atoms with Crippen molar-refractivity contribution in [3.05, 3.63) is 23.3 Å². The molecule has 2 fully saturated rings. The highest BCUT2D eigenvalue weighted by Gasteiger charge is 2.57. The van der Waals surface area contributed by atoms with Crippen molar-refractivity contribution in [2.75, 3.05) is 0 Å². The molecule has 5 heteroatoms. The standard InChI is InChI=1S/C25H36N2O3/c1-15(26-27-16(2)28)21-8-9-22-20-7-6-18-14-19(30-17(3)29)10-12-24(18,4)23(20)11-13-25(21,22)5/h6,8,19-20,22-23H,7,9-14H2,1-5H3,(H,27,28)/b26-15+/t19-,20?,22?,23?,24-,25+/m0/s1. The van der Waals surface area contributed by atoms with Gasteiger partial charge in [0, 0.05) is 20.3 Å². The molecule has 0 radical (unpaired) electrons. The normalized spacial score (nSPS) is 40.4. The van der Waals surface area contributed by atoms with E-state index in [1.54, 1.807) is 0 Å². The Morgan fingerprint density at radius 3 is 2.47 bits per heavy atom. The number of nitrogens with zero attached hydrogens (tertiary/aromatic N) is 1. The van der Waals surface area contributed by atoms with Gasteiger partial charge in [0.15, 0.2) is 0 Å². The van der Waals surface area contributed by atoms with Crippen LogP contribution in [0.25, 0.3) is 0 Å². The summed E-state index contributed by atoms with van der Waals surface area (Å²) in [6.07, 6.45) is 12.6. The number of hydrogen-bond donors (Lipinski definition) is 1. The van der Waals surface area contributed by atoms with E-state index in [-0.39, 0.29) is 28.8 Å². The summed E-state index contributed by atoms with van der Waals surface area (Å²) in [5, 5.41) is 4.35. The van der Waals surface area contributed by atoms with Gasteiger partial charge >= 0.3 is 5.97 Å². The van der Waals surface area contributed by atoms with E-state index in [4.69, 9.17) is 4.74 Å². The lowest BCUT2D eigenvalue weighted by molar-refractivity contribution is -0.148. The molecular weight excluding hydrogens is 376 g/mol. The van der Waals surface area contributed by atoms with Crippen molar-refractivity contribution in [2.24, 2.45) is 33.7 Å². The van der Waals surface area contributed by atoms with Crippen molar-refractivity contribution in [3.8, 4) is 0 Å². The van der Waals surface area contributed by atoms with Gasteiger partial charge in [0.05, 0.1) is 5.71 Å². The number of nitrogens with one attached hydrogen (secondary N) is 1. The van der Waals surface area contributed by atoms with Crippen LogP contribution in [0.2, 0.25) is 0 Å². The Hall–Kier alpha value is -1.91. The van der Waals surface area contributed by atoms with Gasteiger partial charge in [-0.3, -0.25) is 9.59 Å². The number of allylic oxidation sites excluding steroid dienone is 3. The maximum atomic E-state index is 11.4. The largest absolute Gasteiger partial charge is 0.462 e. The predicted molar refractivity (Wildman–Crippen MR) is 118 cm³/mol. The molecule has 1 N–H and O–H groups in total. The van der Waals surface area contributed by atoms with E-state index >= 15 is 0 Å². The third kappa shape index (κ3) is 3.44. The molecule has 0 aliphatic heterocycles. The minimum atomic E-state index is -0.160. The Morgan fingerprint density at radius 2 is 1.77 bits per heavy atom. The number of esters is 1. The molecule has 5 nitrogen and oxygen atoms in total. The molecule has 4 aliphatic carbocycles. The number of amides is 1. The van der Waals surface area contributed by atoms with Crippen LogP contribution in [0.15, 0.2) is 28.4 Å². The van der Waals surface area contributed by atoms with Gasteiger partial charge in [-0.2, -0.15) is 5.10 Å². The van der Waals surface area contributed by atoms with Gasteiger partial charge in [0.2, 0.25) is 5.91 Å². The Labute approximate surface area is 180 Å². The first-order valence-corrected chi connectivity index (χ1v) is 11.5. The molecule has 4 rings (SSSR count). The number of carbonyl (C=O) groups is 2. The minimum Gasteiger partial charge on any atom is -0.462 e. The first-order chi connectivity index (χ1) is 14.1. The molecule has 6 atom stereocenters. The van der Waals surface area contributed by atoms with Gasteiger partial charge in [-0.25, -0.2) is 5.43 Å². The summed E-state index contributed by atoms with van der Waals surface area (Å²) in [7, 11) is 0. The average Bonchev–Trinajstić information content (AvgIpc) is 3.03. The zero-order valence-electron chi connectivity index (χ0n) is 19.1. The van der Waals surface area contributed by atoms with E-state index < -0.39 is 0 Å². The van der Waals surface area contributed by atoms with E-state index in [2.05, 4.69) is 36.5 Å². The summed E-state index contributed by atoms with van der Waals surface area (Å²) in [5.74, 6) is 1.74. The van der Waals surface area contributed by atoms with Crippen LogP contribution >= 0.6 is 0 Å². The Bertz CT molecular complexity index is 841. The Balaban J connectivity index is 1.55. The summed E-state index contributed by atoms with van der Waals surface area (Å²) in [4.78, 5) is 22.7. The number of hydrazone groups is 1. The van der Waals surface area contributed by atoms with Crippen LogP contribution < -0.4 is 5.43 Å². The molecule has 0 saturated heterocycles. The van der Waals surface area contributed by atoms with Crippen LogP contribution in [0, 0.1) is 28.6 Å². The quantitative estimate of drug-likeness (QED) is 0.309. The van der Waals surface area contributed by atoms with Gasteiger partial charge in [-0.05, 0) is 79.6 Å². The molecule has 0 bridgehead atoms. The van der Waals surface area contributed by atoms with Crippen molar-refractivity contribution < 1.29 is 14.3 Å². The molecule has 0 aromatic carbocycles. The summed E-state index contributed by atoms with van der Waals surface area (Å²) in [6.45, 7) is 9.92. The molecule has 3 unspecified atom stereocenters. The van der Waals surface area contributed by atoms with E-state index in [0.717, 1.165) is 37.8 Å². The van der Waals surface area contributed by atoms with Gasteiger partial charge in [0.1, 0.15) is 6.10 Å². The second-order valence-electron chi connectivity index (χ2n) is 10.4. The number of ether oxygens (including phenoxy) is 1. The van der Waals surface area contributed by atoms with Crippen LogP contribution in [-0.4, -0.2) is 23.7 Å². The van der Waals surface area contributed by atoms with Crippen LogP contribution in [0.4, 0.5) is 0 Å². The van der Waals surface area contributed by atoms with Crippen LogP contribution in [0.5, 0.6) is 0 Å². The fourth-order valence-electron chi connectivity index (χ4n) is 7.31. The van der Waals surface area contributed by atoms with Crippen molar-refractivity contribution in [1.29, 1.82) is 0 Å². The van der Waals surface area contributed by atoms with Crippen molar-refractivity contribution in [3.63, 3.8) is 0 Å². The lowest BCUT2D eigenvalue weighted by Crippen LogP contribution is -2.50. The second-order valence-corrected chi connectivity index (χ2v) is 10.4. The fraction of sp³-hybridized carbons (Fsp3) is 0.720. The van der Waals surface area contributed by atoms with Gasteiger partial charge in [0.25, 0.3) is 0 Å². The average molecular weight is 413 g/mol. The van der Waals surface area contributed by atoms with E-state index in [0.29, 0.717) is 17.8 Å². The first kappa shape index (κ1) is 21.3. The number of carbonyl (C=O) groups excluding carboxylic acids is 2. The van der Waals surface area contributed by atoms with Crippen LogP contribution in [-0.2, 0) is 14.3 Å². The van der Waals surface area contributed by atoms with E-state index in [1.807, 2.05) is 6.92 Å². The molecule has 2 saturated carbocycles. The van der Waals surface area contributed by atoms with E-state index in [9.17, 15) is 9.59 Å². The maximum absolute atomic E-state index is 11.4. The minimum absolute atomic E-state index is 0.0552. The van der Waals surface area contributed by atoms with E-state index in [1.165, 1.54) is 37.8 Å². The summed E-state index contributed by atoms with van der Waals surface area (Å²) >= 11 is 0. The summed E-state index contributed by atoms with van der Waals surface area (Å²) < 4.78 is 5.56. The number of fused-ring (bicyclic) bond motifs is 5. The molecule has 164 valence electrons. The van der Waals surface area contributed by atoms with Crippen molar-refractivity contribution >= 4 is 17.6 Å². The molecule has 0 heterocycles. The predicted octanol–water partition coefficient (Wildman–Crippen LogP) is 4.93. The highest BCUT2D eigenvalue weighted by Crippen LogP contribution is 2.65. The smallest absolute Gasteiger partial charge is 0.302 e.